The van der Waals surface area contributed by atoms with Crippen molar-refractivity contribution in [2.75, 3.05) is 6.61 Å². The minimum absolute atomic E-state index is 0.121. The second kappa shape index (κ2) is 10.4. The molecular weight excluding hydrogens is 408 g/mol. The van der Waals surface area contributed by atoms with E-state index in [9.17, 15) is 30.3 Å². The van der Waals surface area contributed by atoms with E-state index < -0.39 is 43.3 Å². The molecule has 31 heavy (non-hydrogen) atoms. The van der Waals surface area contributed by atoms with Crippen LogP contribution in [0.15, 0.2) is 54.6 Å². The van der Waals surface area contributed by atoms with E-state index >= 15 is 0 Å². The van der Waals surface area contributed by atoms with Crippen molar-refractivity contribution in [3.63, 3.8) is 0 Å². The number of aliphatic hydroxyl groups excluding tert-OH is 4. The highest BCUT2D eigenvalue weighted by atomic mass is 16.7. The Morgan fingerprint density at radius 2 is 1.71 bits per heavy atom. The van der Waals surface area contributed by atoms with Crippen LogP contribution in [-0.4, -0.2) is 68.8 Å². The molecular formula is C22H24O9. The number of esters is 1. The number of para-hydroxylation sites is 1. The van der Waals surface area contributed by atoms with Gasteiger partial charge in [0.25, 0.3) is 0 Å². The summed E-state index contributed by atoms with van der Waals surface area (Å²) in [6.45, 7) is -0.705. The Labute approximate surface area is 178 Å². The standard InChI is InChI=1S/C22H24O9/c23-11-17-19(26)20(27)21(28)22(31-17)30-16-4-2-1-3-14(16)12-29-18(25)10-7-13-5-8-15(24)9-6-13/h1-10,17,19-24,26-28H,11-12H2/b10-7-/t17-,19-,20+,21-,22-/m1/s1. The molecule has 166 valence electrons. The number of carbonyl (C=O) groups is 1. The third-order valence-corrected chi connectivity index (χ3v) is 4.74. The Morgan fingerprint density at radius 1 is 1.00 bits per heavy atom. The normalized spacial score (nSPS) is 26.0. The average molecular weight is 432 g/mol. The molecule has 2 aromatic rings. The SMILES string of the molecule is O=C(/C=C\c1ccc(O)cc1)OCc1ccccc1O[C@@H]1O[C@H](CO)[C@@H](O)[C@H](O)[C@H]1O. The summed E-state index contributed by atoms with van der Waals surface area (Å²) in [7, 11) is 0. The van der Waals surface area contributed by atoms with Crippen LogP contribution in [0.1, 0.15) is 11.1 Å². The highest BCUT2D eigenvalue weighted by molar-refractivity contribution is 5.87. The number of hydrogen-bond donors (Lipinski definition) is 5. The molecule has 0 unspecified atom stereocenters. The van der Waals surface area contributed by atoms with Crippen molar-refractivity contribution in [1.29, 1.82) is 0 Å². The zero-order valence-electron chi connectivity index (χ0n) is 16.4. The number of hydrogen-bond acceptors (Lipinski definition) is 9. The summed E-state index contributed by atoms with van der Waals surface area (Å²) in [5.41, 5.74) is 1.19. The maximum Gasteiger partial charge on any atom is 0.331 e. The second-order valence-corrected chi connectivity index (χ2v) is 6.96. The second-order valence-electron chi connectivity index (χ2n) is 6.96. The van der Waals surface area contributed by atoms with Crippen LogP contribution in [0.25, 0.3) is 6.08 Å². The van der Waals surface area contributed by atoms with Gasteiger partial charge in [0, 0.05) is 11.6 Å². The molecule has 2 aromatic carbocycles. The summed E-state index contributed by atoms with van der Waals surface area (Å²) in [6.07, 6.45) is -4.27. The Morgan fingerprint density at radius 3 is 2.42 bits per heavy atom. The first-order chi connectivity index (χ1) is 14.9. The van der Waals surface area contributed by atoms with E-state index in [1.807, 2.05) is 0 Å². The molecule has 9 nitrogen and oxygen atoms in total. The summed E-state index contributed by atoms with van der Waals surface area (Å²) < 4.78 is 16.2. The zero-order chi connectivity index (χ0) is 22.4. The first kappa shape index (κ1) is 22.7. The number of benzene rings is 2. The lowest BCUT2D eigenvalue weighted by molar-refractivity contribution is -0.277. The van der Waals surface area contributed by atoms with E-state index in [0.29, 0.717) is 11.1 Å². The molecule has 5 atom stereocenters. The van der Waals surface area contributed by atoms with Gasteiger partial charge in [-0.1, -0.05) is 30.3 Å². The lowest BCUT2D eigenvalue weighted by Gasteiger charge is -2.39. The highest BCUT2D eigenvalue weighted by Gasteiger charge is 2.44. The minimum atomic E-state index is -1.56. The van der Waals surface area contributed by atoms with Crippen LogP contribution in [0.5, 0.6) is 11.5 Å². The summed E-state index contributed by atoms with van der Waals surface area (Å²) in [5.74, 6) is -0.242. The van der Waals surface area contributed by atoms with E-state index in [0.717, 1.165) is 0 Å². The third kappa shape index (κ3) is 5.81. The van der Waals surface area contributed by atoms with E-state index in [1.165, 1.54) is 24.3 Å². The van der Waals surface area contributed by atoms with Crippen molar-refractivity contribution in [3.05, 3.63) is 65.7 Å². The molecule has 5 N–H and O–H groups in total. The van der Waals surface area contributed by atoms with E-state index in [-0.39, 0.29) is 18.1 Å². The van der Waals surface area contributed by atoms with E-state index in [4.69, 9.17) is 14.2 Å². The first-order valence-corrected chi connectivity index (χ1v) is 9.58. The smallest absolute Gasteiger partial charge is 0.331 e. The Bertz CT molecular complexity index is 894. The number of rotatable bonds is 7. The van der Waals surface area contributed by atoms with Gasteiger partial charge in [-0.3, -0.25) is 0 Å². The molecule has 0 radical (unpaired) electrons. The Balaban J connectivity index is 1.62. The van der Waals surface area contributed by atoms with E-state index in [1.54, 1.807) is 36.4 Å². The van der Waals surface area contributed by atoms with Crippen LogP contribution < -0.4 is 4.74 Å². The number of phenolic OH excluding ortho intramolecular Hbond substituents is 1. The number of aliphatic hydroxyl groups is 4. The molecule has 0 amide bonds. The molecule has 0 aliphatic carbocycles. The fourth-order valence-electron chi connectivity index (χ4n) is 2.97. The van der Waals surface area contributed by atoms with Gasteiger partial charge in [-0.05, 0) is 29.8 Å². The van der Waals surface area contributed by atoms with Gasteiger partial charge in [0.15, 0.2) is 0 Å². The zero-order valence-corrected chi connectivity index (χ0v) is 16.4. The quantitative estimate of drug-likeness (QED) is 0.308. The first-order valence-electron chi connectivity index (χ1n) is 9.58. The largest absolute Gasteiger partial charge is 0.508 e. The molecule has 0 aromatic heterocycles. The van der Waals surface area contributed by atoms with Gasteiger partial charge in [-0.25, -0.2) is 4.79 Å². The molecule has 0 saturated carbocycles. The summed E-state index contributed by atoms with van der Waals surface area (Å²) in [5, 5.41) is 48.4. The molecule has 3 rings (SSSR count). The maximum atomic E-state index is 12.0. The van der Waals surface area contributed by atoms with Gasteiger partial charge in [0.1, 0.15) is 42.5 Å². The molecule has 1 aliphatic rings. The van der Waals surface area contributed by atoms with Crippen molar-refractivity contribution in [1.82, 2.24) is 0 Å². The minimum Gasteiger partial charge on any atom is -0.508 e. The lowest BCUT2D eigenvalue weighted by Crippen LogP contribution is -2.60. The van der Waals surface area contributed by atoms with Crippen LogP contribution in [0.3, 0.4) is 0 Å². The number of phenols is 1. The number of carbonyl (C=O) groups excluding carboxylic acids is 1. The van der Waals surface area contributed by atoms with Gasteiger partial charge < -0.3 is 39.7 Å². The van der Waals surface area contributed by atoms with Crippen molar-refractivity contribution in [2.45, 2.75) is 37.3 Å². The molecule has 0 spiro atoms. The summed E-state index contributed by atoms with van der Waals surface area (Å²) in [4.78, 5) is 12.0. The van der Waals surface area contributed by atoms with Gasteiger partial charge in [-0.15, -0.1) is 0 Å². The Kier molecular flexibility index (Phi) is 7.61. The van der Waals surface area contributed by atoms with Crippen molar-refractivity contribution in [3.8, 4) is 11.5 Å². The molecule has 1 heterocycles. The Hall–Kier alpha value is -2.95. The number of ether oxygens (including phenoxy) is 3. The van der Waals surface area contributed by atoms with Crippen LogP contribution in [0.4, 0.5) is 0 Å². The molecule has 0 bridgehead atoms. The monoisotopic (exact) mass is 432 g/mol. The maximum absolute atomic E-state index is 12.0. The van der Waals surface area contributed by atoms with Gasteiger partial charge in [-0.2, -0.15) is 0 Å². The van der Waals surface area contributed by atoms with Crippen molar-refractivity contribution >= 4 is 12.0 Å². The van der Waals surface area contributed by atoms with Crippen LogP contribution in [0, 0.1) is 0 Å². The number of aromatic hydroxyl groups is 1. The van der Waals surface area contributed by atoms with Gasteiger partial charge >= 0.3 is 5.97 Å². The highest BCUT2D eigenvalue weighted by Crippen LogP contribution is 2.27. The van der Waals surface area contributed by atoms with E-state index in [2.05, 4.69) is 0 Å². The summed E-state index contributed by atoms with van der Waals surface area (Å²) >= 11 is 0. The molecule has 1 aliphatic heterocycles. The van der Waals surface area contributed by atoms with Crippen LogP contribution >= 0.6 is 0 Å². The van der Waals surface area contributed by atoms with Gasteiger partial charge in [0.2, 0.25) is 6.29 Å². The van der Waals surface area contributed by atoms with Crippen LogP contribution in [0.2, 0.25) is 0 Å². The topological polar surface area (TPSA) is 146 Å². The molecule has 1 saturated heterocycles. The van der Waals surface area contributed by atoms with Crippen molar-refractivity contribution in [2.24, 2.45) is 0 Å². The van der Waals surface area contributed by atoms with Gasteiger partial charge in [0.05, 0.1) is 6.61 Å². The predicted octanol–water partition coefficient (Wildman–Crippen LogP) is 0.327. The fourth-order valence-corrected chi connectivity index (χ4v) is 2.97. The van der Waals surface area contributed by atoms with Crippen molar-refractivity contribution < 1.29 is 44.5 Å². The summed E-state index contributed by atoms with van der Waals surface area (Å²) in [6, 6.07) is 12.9. The third-order valence-electron chi connectivity index (χ3n) is 4.74. The molecule has 9 heteroatoms. The average Bonchev–Trinajstić information content (AvgIpc) is 2.78. The fraction of sp³-hybridized carbons (Fsp3) is 0.318. The predicted molar refractivity (Wildman–Crippen MR) is 108 cm³/mol. The van der Waals surface area contributed by atoms with Crippen LogP contribution in [-0.2, 0) is 20.9 Å². The lowest BCUT2D eigenvalue weighted by atomic mass is 9.99. The molecule has 1 fully saturated rings.